The maximum Gasteiger partial charge on any atom is 0.244 e. The zero-order chi connectivity index (χ0) is 17.5. The Hall–Kier alpha value is -3.30. The van der Waals surface area contributed by atoms with Crippen LogP contribution in [0, 0.1) is 0 Å². The average molecular weight is 331 g/mol. The van der Waals surface area contributed by atoms with E-state index in [1.165, 1.54) is 7.05 Å². The van der Waals surface area contributed by atoms with Crippen molar-refractivity contribution >= 4 is 17.7 Å². The SMILES string of the molecule is CNC(=O)[C@H](CC(N)=O)NC(=O)Cn1nnc(-c2ccccc2)n1. The monoisotopic (exact) mass is 331 g/mol. The van der Waals surface area contributed by atoms with E-state index >= 15 is 0 Å². The van der Waals surface area contributed by atoms with Crippen molar-refractivity contribution in [2.24, 2.45) is 5.73 Å². The van der Waals surface area contributed by atoms with Crippen LogP contribution in [0.25, 0.3) is 11.4 Å². The number of nitrogens with zero attached hydrogens (tertiary/aromatic N) is 4. The van der Waals surface area contributed by atoms with Crippen molar-refractivity contribution in [2.75, 3.05) is 7.05 Å². The number of rotatable bonds is 7. The standard InChI is InChI=1S/C14H17N7O3/c1-16-14(24)10(7-11(15)22)17-12(23)8-21-19-13(18-20-21)9-5-3-2-4-6-9/h2-6,10H,7-8H2,1H3,(H2,15,22)(H,16,24)(H,17,23)/t10-/m0/s1. The maximum atomic E-state index is 12.0. The first kappa shape index (κ1) is 17.1. The molecule has 0 saturated heterocycles. The fourth-order valence-electron chi connectivity index (χ4n) is 1.97. The summed E-state index contributed by atoms with van der Waals surface area (Å²) in [6.45, 7) is -0.244. The summed E-state index contributed by atoms with van der Waals surface area (Å²) >= 11 is 0. The summed E-state index contributed by atoms with van der Waals surface area (Å²) in [4.78, 5) is 35.7. The van der Waals surface area contributed by atoms with E-state index in [0.717, 1.165) is 10.4 Å². The molecule has 126 valence electrons. The van der Waals surface area contributed by atoms with E-state index in [1.54, 1.807) is 0 Å². The fraction of sp³-hybridized carbons (Fsp3) is 0.286. The number of tetrazole rings is 1. The molecule has 1 atom stereocenters. The molecule has 0 unspecified atom stereocenters. The number of primary amides is 1. The maximum absolute atomic E-state index is 12.0. The molecule has 0 fully saturated rings. The van der Waals surface area contributed by atoms with Gasteiger partial charge in [0, 0.05) is 12.6 Å². The highest BCUT2D eigenvalue weighted by Gasteiger charge is 2.22. The minimum atomic E-state index is -1.04. The zero-order valence-corrected chi connectivity index (χ0v) is 13.0. The zero-order valence-electron chi connectivity index (χ0n) is 13.0. The number of nitrogens with two attached hydrogens (primary N) is 1. The lowest BCUT2D eigenvalue weighted by Crippen LogP contribution is -2.48. The molecule has 0 spiro atoms. The Bertz CT molecular complexity index is 729. The first-order valence-electron chi connectivity index (χ1n) is 7.12. The van der Waals surface area contributed by atoms with Gasteiger partial charge in [0.05, 0.1) is 6.42 Å². The summed E-state index contributed by atoms with van der Waals surface area (Å²) in [7, 11) is 1.40. The van der Waals surface area contributed by atoms with Crippen LogP contribution in [0.5, 0.6) is 0 Å². The van der Waals surface area contributed by atoms with Crippen molar-refractivity contribution in [3.8, 4) is 11.4 Å². The Balaban J connectivity index is 2.00. The second-order valence-corrected chi connectivity index (χ2v) is 4.91. The summed E-state index contributed by atoms with van der Waals surface area (Å²) < 4.78 is 0. The van der Waals surface area contributed by atoms with E-state index in [2.05, 4.69) is 26.0 Å². The molecule has 0 saturated carbocycles. The van der Waals surface area contributed by atoms with Crippen molar-refractivity contribution in [1.82, 2.24) is 30.8 Å². The third kappa shape index (κ3) is 4.60. The highest BCUT2D eigenvalue weighted by atomic mass is 16.2. The predicted octanol–water partition coefficient (Wildman–Crippen LogP) is -1.55. The van der Waals surface area contributed by atoms with Gasteiger partial charge in [0.1, 0.15) is 12.6 Å². The van der Waals surface area contributed by atoms with Crippen LogP contribution in [0.1, 0.15) is 6.42 Å². The van der Waals surface area contributed by atoms with Crippen molar-refractivity contribution in [3.05, 3.63) is 30.3 Å². The summed E-state index contributed by atoms with van der Waals surface area (Å²) in [6.07, 6.45) is -0.300. The molecular weight excluding hydrogens is 314 g/mol. The Morgan fingerprint density at radius 3 is 2.58 bits per heavy atom. The number of amides is 3. The van der Waals surface area contributed by atoms with Crippen LogP contribution in [0.4, 0.5) is 0 Å². The van der Waals surface area contributed by atoms with Crippen LogP contribution in [-0.2, 0) is 20.9 Å². The summed E-state index contributed by atoms with van der Waals surface area (Å²) in [5.41, 5.74) is 5.84. The number of benzene rings is 1. The number of carbonyl (C=O) groups is 3. The molecule has 0 bridgehead atoms. The third-order valence-electron chi connectivity index (χ3n) is 3.07. The lowest BCUT2D eigenvalue weighted by atomic mass is 10.2. The fourth-order valence-corrected chi connectivity index (χ4v) is 1.97. The average Bonchev–Trinajstić information content (AvgIpc) is 3.02. The van der Waals surface area contributed by atoms with Crippen molar-refractivity contribution in [1.29, 1.82) is 0 Å². The number of hydrogen-bond acceptors (Lipinski definition) is 6. The van der Waals surface area contributed by atoms with Crippen molar-refractivity contribution in [3.63, 3.8) is 0 Å². The molecule has 24 heavy (non-hydrogen) atoms. The van der Waals surface area contributed by atoms with E-state index in [0.29, 0.717) is 5.82 Å². The van der Waals surface area contributed by atoms with Gasteiger partial charge in [-0.15, -0.1) is 10.2 Å². The lowest BCUT2D eigenvalue weighted by molar-refractivity contribution is -0.131. The van der Waals surface area contributed by atoms with E-state index in [4.69, 9.17) is 5.73 Å². The van der Waals surface area contributed by atoms with Gasteiger partial charge in [0.2, 0.25) is 23.5 Å². The number of nitrogens with one attached hydrogen (secondary N) is 2. The molecule has 4 N–H and O–H groups in total. The Labute approximate surface area is 137 Å². The second kappa shape index (κ2) is 7.81. The van der Waals surface area contributed by atoms with Gasteiger partial charge in [-0.3, -0.25) is 14.4 Å². The number of hydrogen-bond donors (Lipinski definition) is 3. The predicted molar refractivity (Wildman–Crippen MR) is 83.1 cm³/mol. The number of likely N-dealkylation sites (N-methyl/N-ethyl adjacent to an activating group) is 1. The van der Waals surface area contributed by atoms with E-state index in [9.17, 15) is 14.4 Å². The smallest absolute Gasteiger partial charge is 0.244 e. The van der Waals surface area contributed by atoms with E-state index in [1.807, 2.05) is 30.3 Å². The topological polar surface area (TPSA) is 145 Å². The van der Waals surface area contributed by atoms with Gasteiger partial charge in [-0.2, -0.15) is 4.80 Å². The van der Waals surface area contributed by atoms with Crippen LogP contribution >= 0.6 is 0 Å². The molecule has 10 nitrogen and oxygen atoms in total. The molecule has 3 amide bonds. The highest BCUT2D eigenvalue weighted by molar-refractivity contribution is 5.91. The molecule has 0 aliphatic rings. The number of carbonyl (C=O) groups excluding carboxylic acids is 3. The third-order valence-corrected chi connectivity index (χ3v) is 3.07. The normalized spacial score (nSPS) is 11.5. The Kier molecular flexibility index (Phi) is 5.55. The second-order valence-electron chi connectivity index (χ2n) is 4.91. The molecule has 2 aromatic rings. The minimum absolute atomic E-state index is 0.244. The molecule has 0 radical (unpaired) electrons. The molecule has 0 aliphatic carbocycles. The van der Waals surface area contributed by atoms with E-state index in [-0.39, 0.29) is 13.0 Å². The molecule has 1 heterocycles. The van der Waals surface area contributed by atoms with Gasteiger partial charge in [-0.25, -0.2) is 0 Å². The van der Waals surface area contributed by atoms with Gasteiger partial charge in [-0.1, -0.05) is 30.3 Å². The Morgan fingerprint density at radius 1 is 1.25 bits per heavy atom. The van der Waals surface area contributed by atoms with Gasteiger partial charge < -0.3 is 16.4 Å². The van der Waals surface area contributed by atoms with Gasteiger partial charge in [0.25, 0.3) is 0 Å². The lowest BCUT2D eigenvalue weighted by Gasteiger charge is -2.15. The summed E-state index contributed by atoms with van der Waals surface area (Å²) in [5.74, 6) is -1.38. The minimum Gasteiger partial charge on any atom is -0.370 e. The molecule has 2 rings (SSSR count). The van der Waals surface area contributed by atoms with Crippen LogP contribution in [0.2, 0.25) is 0 Å². The largest absolute Gasteiger partial charge is 0.370 e. The first-order chi connectivity index (χ1) is 11.5. The summed E-state index contributed by atoms with van der Waals surface area (Å²) in [5, 5.41) is 16.5. The molecule has 1 aromatic heterocycles. The van der Waals surface area contributed by atoms with Crippen molar-refractivity contribution < 1.29 is 14.4 Å². The molecule has 10 heteroatoms. The first-order valence-corrected chi connectivity index (χ1v) is 7.12. The van der Waals surface area contributed by atoms with Gasteiger partial charge in [-0.05, 0) is 5.21 Å². The quantitative estimate of drug-likeness (QED) is 0.560. The van der Waals surface area contributed by atoms with Crippen LogP contribution in [-0.4, -0.2) is 51.0 Å². The molecule has 0 aliphatic heterocycles. The molecular formula is C14H17N7O3. The van der Waals surface area contributed by atoms with Crippen LogP contribution in [0.15, 0.2) is 30.3 Å². The van der Waals surface area contributed by atoms with Gasteiger partial charge >= 0.3 is 0 Å². The number of aromatic nitrogens is 4. The van der Waals surface area contributed by atoms with E-state index < -0.39 is 23.8 Å². The van der Waals surface area contributed by atoms with Crippen molar-refractivity contribution in [2.45, 2.75) is 19.0 Å². The highest BCUT2D eigenvalue weighted by Crippen LogP contribution is 2.11. The van der Waals surface area contributed by atoms with Crippen LogP contribution < -0.4 is 16.4 Å². The summed E-state index contributed by atoms with van der Waals surface area (Å²) in [6, 6.07) is 8.11. The van der Waals surface area contributed by atoms with Crippen LogP contribution in [0.3, 0.4) is 0 Å². The Morgan fingerprint density at radius 2 is 1.96 bits per heavy atom. The van der Waals surface area contributed by atoms with Gasteiger partial charge in [0.15, 0.2) is 0 Å². The molecule has 1 aromatic carbocycles.